The summed E-state index contributed by atoms with van der Waals surface area (Å²) in [5.74, 6) is 1.14. The fourth-order valence-corrected chi connectivity index (χ4v) is 3.97. The number of aryl methyl sites for hydroxylation is 3. The van der Waals surface area contributed by atoms with E-state index in [9.17, 15) is 4.79 Å². The van der Waals surface area contributed by atoms with Crippen LogP contribution in [0.25, 0.3) is 11.3 Å². The lowest BCUT2D eigenvalue weighted by molar-refractivity contribution is 0.0703. The van der Waals surface area contributed by atoms with Crippen LogP contribution in [0.1, 0.15) is 46.8 Å². The average molecular weight is 405 g/mol. The van der Waals surface area contributed by atoms with E-state index in [1.54, 1.807) is 4.68 Å². The SMILES string of the molecule is Cc1onc(-c2ccccc2)c1CN(CC1CC=CCC1)C(=O)c1cc(C)n(C)n1. The van der Waals surface area contributed by atoms with E-state index in [-0.39, 0.29) is 5.91 Å². The van der Waals surface area contributed by atoms with E-state index < -0.39 is 0 Å². The predicted molar refractivity (Wildman–Crippen MR) is 116 cm³/mol. The summed E-state index contributed by atoms with van der Waals surface area (Å²) in [5.41, 5.74) is 4.19. The summed E-state index contributed by atoms with van der Waals surface area (Å²) in [7, 11) is 1.86. The van der Waals surface area contributed by atoms with Crippen LogP contribution in [-0.4, -0.2) is 32.3 Å². The Hall–Kier alpha value is -3.15. The minimum absolute atomic E-state index is 0.0483. The summed E-state index contributed by atoms with van der Waals surface area (Å²) < 4.78 is 7.28. The van der Waals surface area contributed by atoms with Crippen LogP contribution in [0.3, 0.4) is 0 Å². The molecule has 4 rings (SSSR count). The molecule has 3 aromatic rings. The molecular weight excluding hydrogens is 376 g/mol. The van der Waals surface area contributed by atoms with E-state index in [0.717, 1.165) is 47.5 Å². The standard InChI is InChI=1S/C24H28N4O2/c1-17-14-22(25-27(17)3)24(29)28(15-19-10-6-4-7-11-19)16-21-18(2)30-26-23(21)20-12-8-5-9-13-20/h4-6,8-9,12-14,19H,7,10-11,15-16H2,1-3H3. The minimum atomic E-state index is -0.0483. The monoisotopic (exact) mass is 404 g/mol. The van der Waals surface area contributed by atoms with E-state index in [1.165, 1.54) is 0 Å². The van der Waals surface area contributed by atoms with Crippen molar-refractivity contribution in [3.05, 3.63) is 71.3 Å². The Morgan fingerprint density at radius 2 is 2.03 bits per heavy atom. The molecule has 0 saturated carbocycles. The van der Waals surface area contributed by atoms with Gasteiger partial charge in [0.2, 0.25) is 0 Å². The largest absolute Gasteiger partial charge is 0.361 e. The molecule has 1 amide bonds. The van der Waals surface area contributed by atoms with E-state index >= 15 is 0 Å². The molecule has 0 radical (unpaired) electrons. The van der Waals surface area contributed by atoms with Gasteiger partial charge in [-0.25, -0.2) is 0 Å². The third-order valence-electron chi connectivity index (χ3n) is 5.86. The van der Waals surface area contributed by atoms with Crippen LogP contribution in [0.2, 0.25) is 0 Å². The van der Waals surface area contributed by atoms with Gasteiger partial charge in [0.25, 0.3) is 5.91 Å². The molecule has 1 aliphatic rings. The molecule has 2 aromatic heterocycles. The zero-order chi connectivity index (χ0) is 21.1. The number of aromatic nitrogens is 3. The van der Waals surface area contributed by atoms with Gasteiger partial charge in [0.1, 0.15) is 11.5 Å². The molecule has 0 spiro atoms. The fourth-order valence-electron chi connectivity index (χ4n) is 3.97. The normalized spacial score (nSPS) is 16.0. The second kappa shape index (κ2) is 8.69. The highest BCUT2D eigenvalue weighted by Crippen LogP contribution is 2.28. The molecule has 0 saturated heterocycles. The Labute approximate surface area is 177 Å². The van der Waals surface area contributed by atoms with Gasteiger partial charge in [0.05, 0.1) is 6.54 Å². The van der Waals surface area contributed by atoms with Crippen molar-refractivity contribution in [2.45, 2.75) is 39.7 Å². The molecular formula is C24H28N4O2. The van der Waals surface area contributed by atoms with Gasteiger partial charge in [-0.2, -0.15) is 5.10 Å². The van der Waals surface area contributed by atoms with Gasteiger partial charge in [-0.15, -0.1) is 0 Å². The van der Waals surface area contributed by atoms with Crippen molar-refractivity contribution in [2.24, 2.45) is 13.0 Å². The Morgan fingerprint density at radius 1 is 1.23 bits per heavy atom. The number of carbonyl (C=O) groups excluding carboxylic acids is 1. The van der Waals surface area contributed by atoms with Crippen molar-refractivity contribution < 1.29 is 9.32 Å². The summed E-state index contributed by atoms with van der Waals surface area (Å²) in [5, 5.41) is 8.72. The highest BCUT2D eigenvalue weighted by atomic mass is 16.5. The van der Waals surface area contributed by atoms with Gasteiger partial charge in [-0.05, 0) is 45.1 Å². The zero-order valence-corrected chi connectivity index (χ0v) is 17.8. The van der Waals surface area contributed by atoms with Crippen molar-refractivity contribution in [3.8, 4) is 11.3 Å². The molecule has 6 heteroatoms. The number of allylic oxidation sites excluding steroid dienone is 2. The van der Waals surface area contributed by atoms with E-state index in [0.29, 0.717) is 24.7 Å². The van der Waals surface area contributed by atoms with Crippen LogP contribution in [0.5, 0.6) is 0 Å². The topological polar surface area (TPSA) is 64.2 Å². The summed E-state index contributed by atoms with van der Waals surface area (Å²) in [4.78, 5) is 15.4. The highest BCUT2D eigenvalue weighted by molar-refractivity contribution is 5.92. The van der Waals surface area contributed by atoms with Crippen molar-refractivity contribution in [3.63, 3.8) is 0 Å². The Morgan fingerprint density at radius 3 is 2.70 bits per heavy atom. The number of hydrogen-bond acceptors (Lipinski definition) is 4. The molecule has 156 valence electrons. The Balaban J connectivity index is 1.65. The molecule has 0 aliphatic heterocycles. The maximum absolute atomic E-state index is 13.5. The summed E-state index contributed by atoms with van der Waals surface area (Å²) in [6, 6.07) is 11.8. The van der Waals surface area contributed by atoms with Crippen LogP contribution >= 0.6 is 0 Å². The second-order valence-electron chi connectivity index (χ2n) is 8.06. The van der Waals surface area contributed by atoms with Gasteiger partial charge in [0.15, 0.2) is 5.69 Å². The molecule has 2 heterocycles. The molecule has 6 nitrogen and oxygen atoms in total. The van der Waals surface area contributed by atoms with Crippen molar-refractivity contribution in [2.75, 3.05) is 6.54 Å². The minimum Gasteiger partial charge on any atom is -0.361 e. The van der Waals surface area contributed by atoms with E-state index in [4.69, 9.17) is 4.52 Å². The lowest BCUT2D eigenvalue weighted by atomic mass is 9.93. The molecule has 1 aliphatic carbocycles. The first-order chi connectivity index (χ1) is 14.5. The summed E-state index contributed by atoms with van der Waals surface area (Å²) >= 11 is 0. The van der Waals surface area contributed by atoms with Crippen LogP contribution in [0, 0.1) is 19.8 Å². The van der Waals surface area contributed by atoms with Crippen LogP contribution in [-0.2, 0) is 13.6 Å². The predicted octanol–water partition coefficient (Wildman–Crippen LogP) is 4.69. The van der Waals surface area contributed by atoms with Crippen LogP contribution < -0.4 is 0 Å². The molecule has 1 unspecified atom stereocenters. The van der Waals surface area contributed by atoms with Gasteiger partial charge >= 0.3 is 0 Å². The number of carbonyl (C=O) groups is 1. The number of amides is 1. The second-order valence-corrected chi connectivity index (χ2v) is 8.06. The van der Waals surface area contributed by atoms with Gasteiger partial charge < -0.3 is 9.42 Å². The third kappa shape index (κ3) is 4.22. The lowest BCUT2D eigenvalue weighted by Gasteiger charge is -2.28. The van der Waals surface area contributed by atoms with Gasteiger partial charge in [-0.1, -0.05) is 47.6 Å². The number of benzene rings is 1. The Bertz CT molecular complexity index is 1030. The number of rotatable bonds is 6. The Kier molecular flexibility index (Phi) is 5.84. The van der Waals surface area contributed by atoms with Crippen LogP contribution in [0.4, 0.5) is 0 Å². The first-order valence-electron chi connectivity index (χ1n) is 10.5. The molecule has 0 fully saturated rings. The molecule has 0 bridgehead atoms. The molecule has 0 N–H and O–H groups in total. The molecule has 1 aromatic carbocycles. The smallest absolute Gasteiger partial charge is 0.274 e. The maximum Gasteiger partial charge on any atom is 0.274 e. The fraction of sp³-hybridized carbons (Fsp3) is 0.375. The molecule has 1 atom stereocenters. The third-order valence-corrected chi connectivity index (χ3v) is 5.86. The van der Waals surface area contributed by atoms with E-state index in [1.807, 2.05) is 62.2 Å². The molecule has 30 heavy (non-hydrogen) atoms. The van der Waals surface area contributed by atoms with Gasteiger partial charge in [-0.3, -0.25) is 9.48 Å². The van der Waals surface area contributed by atoms with Crippen LogP contribution in [0.15, 0.2) is 53.1 Å². The van der Waals surface area contributed by atoms with Crippen molar-refractivity contribution in [1.29, 1.82) is 0 Å². The summed E-state index contributed by atoms with van der Waals surface area (Å²) in [6.45, 7) is 5.01. The first-order valence-corrected chi connectivity index (χ1v) is 10.5. The summed E-state index contributed by atoms with van der Waals surface area (Å²) in [6.07, 6.45) is 7.61. The highest BCUT2D eigenvalue weighted by Gasteiger charge is 2.26. The van der Waals surface area contributed by atoms with Crippen molar-refractivity contribution in [1.82, 2.24) is 19.8 Å². The number of nitrogens with zero attached hydrogens (tertiary/aromatic N) is 4. The number of hydrogen-bond donors (Lipinski definition) is 0. The quantitative estimate of drug-likeness (QED) is 0.559. The van der Waals surface area contributed by atoms with E-state index in [2.05, 4.69) is 22.4 Å². The lowest BCUT2D eigenvalue weighted by Crippen LogP contribution is -2.36. The van der Waals surface area contributed by atoms with Gasteiger partial charge in [0, 0.05) is 30.4 Å². The zero-order valence-electron chi connectivity index (χ0n) is 17.8. The maximum atomic E-state index is 13.5. The average Bonchev–Trinajstić information content (AvgIpc) is 3.30. The first kappa shape index (κ1) is 20.1. The van der Waals surface area contributed by atoms with Crippen molar-refractivity contribution >= 4 is 5.91 Å².